The van der Waals surface area contributed by atoms with Crippen molar-refractivity contribution in [3.8, 4) is 0 Å². The zero-order valence-electron chi connectivity index (χ0n) is 11.4. The number of nitrogens with zero attached hydrogens (tertiary/aromatic N) is 3. The molecule has 0 aliphatic carbocycles. The summed E-state index contributed by atoms with van der Waals surface area (Å²) in [4.78, 5) is 11.0. The maximum Gasteiger partial charge on any atom is 0.137 e. The highest BCUT2D eigenvalue weighted by molar-refractivity contribution is 5.57. The van der Waals surface area contributed by atoms with Gasteiger partial charge >= 0.3 is 0 Å². The monoisotopic (exact) mass is 238 g/mol. The van der Waals surface area contributed by atoms with Crippen molar-refractivity contribution in [3.63, 3.8) is 0 Å². The highest BCUT2D eigenvalue weighted by Crippen LogP contribution is 2.22. The van der Waals surface area contributed by atoms with Crippen LogP contribution in [0, 0.1) is 13.8 Å². The van der Waals surface area contributed by atoms with Gasteiger partial charge in [0.05, 0.1) is 0 Å². The molecule has 5 nitrogen and oxygen atoms in total. The Hall–Kier alpha value is -1.36. The number of nitrogens with one attached hydrogen (secondary N) is 1. The Morgan fingerprint density at radius 3 is 2.59 bits per heavy atom. The normalized spacial score (nSPS) is 10.4. The van der Waals surface area contributed by atoms with E-state index in [1.165, 1.54) is 0 Å². The number of ether oxygens (including phenoxy) is 1. The smallest absolute Gasteiger partial charge is 0.137 e. The first-order valence-corrected chi connectivity index (χ1v) is 5.83. The number of methoxy groups -OCH3 is 1. The topological polar surface area (TPSA) is 50.3 Å². The van der Waals surface area contributed by atoms with Gasteiger partial charge in [-0.3, -0.25) is 0 Å². The lowest BCUT2D eigenvalue weighted by molar-refractivity contribution is 0.196. The Kier molecular flexibility index (Phi) is 5.15. The van der Waals surface area contributed by atoms with E-state index in [1.54, 1.807) is 7.11 Å². The Labute approximate surface area is 103 Å². The summed E-state index contributed by atoms with van der Waals surface area (Å²) in [7, 11) is 5.65. The summed E-state index contributed by atoms with van der Waals surface area (Å²) in [6.07, 6.45) is 0.990. The number of aromatic nitrogens is 2. The van der Waals surface area contributed by atoms with Crippen molar-refractivity contribution in [2.75, 3.05) is 44.6 Å². The molecule has 0 fully saturated rings. The van der Waals surface area contributed by atoms with Gasteiger partial charge in [0.1, 0.15) is 17.5 Å². The summed E-state index contributed by atoms with van der Waals surface area (Å²) in [5, 5.41) is 3.10. The molecule has 0 unspecified atom stereocenters. The Bertz CT molecular complexity index is 368. The van der Waals surface area contributed by atoms with Crippen molar-refractivity contribution >= 4 is 11.6 Å². The van der Waals surface area contributed by atoms with Gasteiger partial charge in [0, 0.05) is 39.9 Å². The molecule has 17 heavy (non-hydrogen) atoms. The third-order valence-electron chi connectivity index (χ3n) is 2.67. The molecule has 1 aromatic heterocycles. The van der Waals surface area contributed by atoms with E-state index in [4.69, 9.17) is 4.74 Å². The van der Waals surface area contributed by atoms with Gasteiger partial charge in [-0.05, 0) is 20.3 Å². The molecule has 1 aromatic rings. The van der Waals surface area contributed by atoms with Gasteiger partial charge in [-0.15, -0.1) is 0 Å². The number of anilines is 2. The van der Waals surface area contributed by atoms with Crippen LogP contribution in [0.4, 0.5) is 11.6 Å². The second kappa shape index (κ2) is 6.39. The summed E-state index contributed by atoms with van der Waals surface area (Å²) in [6, 6.07) is 0. The summed E-state index contributed by atoms with van der Waals surface area (Å²) >= 11 is 0. The van der Waals surface area contributed by atoms with Crippen molar-refractivity contribution in [2.24, 2.45) is 0 Å². The largest absolute Gasteiger partial charge is 0.385 e. The molecule has 96 valence electrons. The van der Waals surface area contributed by atoms with Crippen LogP contribution in [0.15, 0.2) is 0 Å². The fourth-order valence-electron chi connectivity index (χ4n) is 1.78. The van der Waals surface area contributed by atoms with E-state index in [9.17, 15) is 0 Å². The molecule has 0 saturated heterocycles. The third kappa shape index (κ3) is 3.56. The molecule has 5 heteroatoms. The fourth-order valence-corrected chi connectivity index (χ4v) is 1.78. The van der Waals surface area contributed by atoms with Crippen LogP contribution in [0.25, 0.3) is 0 Å². The minimum atomic E-state index is 0.770. The predicted molar refractivity (Wildman–Crippen MR) is 70.8 cm³/mol. The van der Waals surface area contributed by atoms with Crippen molar-refractivity contribution in [1.82, 2.24) is 9.97 Å². The number of hydrogen-bond donors (Lipinski definition) is 1. The molecule has 0 atom stereocenters. The summed E-state index contributed by atoms with van der Waals surface area (Å²) < 4.78 is 5.06. The van der Waals surface area contributed by atoms with Gasteiger partial charge in [-0.2, -0.15) is 0 Å². The fraction of sp³-hybridized carbons (Fsp3) is 0.667. The van der Waals surface area contributed by atoms with Crippen LogP contribution in [0.3, 0.4) is 0 Å². The second-order valence-electron chi connectivity index (χ2n) is 4.09. The van der Waals surface area contributed by atoms with Crippen molar-refractivity contribution < 1.29 is 4.74 Å². The molecule has 0 spiro atoms. The Balaban J connectivity index is 2.84. The number of aryl methyl sites for hydroxylation is 1. The number of rotatable bonds is 6. The van der Waals surface area contributed by atoms with Crippen LogP contribution in [0.5, 0.6) is 0 Å². The van der Waals surface area contributed by atoms with Crippen molar-refractivity contribution in [2.45, 2.75) is 20.3 Å². The van der Waals surface area contributed by atoms with Crippen molar-refractivity contribution in [1.29, 1.82) is 0 Å². The average Bonchev–Trinajstić information content (AvgIpc) is 2.31. The van der Waals surface area contributed by atoms with Gasteiger partial charge in [-0.1, -0.05) is 0 Å². The van der Waals surface area contributed by atoms with Crippen LogP contribution < -0.4 is 10.2 Å². The van der Waals surface area contributed by atoms with Crippen LogP contribution in [0.2, 0.25) is 0 Å². The second-order valence-corrected chi connectivity index (χ2v) is 4.09. The highest BCUT2D eigenvalue weighted by Gasteiger charge is 2.11. The predicted octanol–water partition coefficient (Wildman–Crippen LogP) is 1.61. The highest BCUT2D eigenvalue weighted by atomic mass is 16.5. The standard InChI is InChI=1S/C12H22N4O/c1-9-11(13-3)14-10(2)15-12(9)16(4)7-6-8-17-5/h6-8H2,1-5H3,(H,13,14,15). The van der Waals surface area contributed by atoms with Crippen LogP contribution in [0.1, 0.15) is 17.8 Å². The lowest BCUT2D eigenvalue weighted by Crippen LogP contribution is -2.23. The van der Waals surface area contributed by atoms with Crippen LogP contribution in [-0.2, 0) is 4.74 Å². The lowest BCUT2D eigenvalue weighted by Gasteiger charge is -2.21. The van der Waals surface area contributed by atoms with Crippen LogP contribution >= 0.6 is 0 Å². The maximum absolute atomic E-state index is 5.06. The molecule has 0 bridgehead atoms. The molecule has 0 radical (unpaired) electrons. The van der Waals surface area contributed by atoms with E-state index in [1.807, 2.05) is 27.9 Å². The van der Waals surface area contributed by atoms with E-state index in [0.717, 1.165) is 42.6 Å². The molecular formula is C12H22N4O. The summed E-state index contributed by atoms with van der Waals surface area (Å²) in [6.45, 7) is 5.64. The van der Waals surface area contributed by atoms with Gasteiger partial charge in [0.2, 0.25) is 0 Å². The maximum atomic E-state index is 5.06. The van der Waals surface area contributed by atoms with E-state index in [-0.39, 0.29) is 0 Å². The summed E-state index contributed by atoms with van der Waals surface area (Å²) in [5.41, 5.74) is 1.08. The zero-order valence-corrected chi connectivity index (χ0v) is 11.4. The van der Waals surface area contributed by atoms with Gasteiger partial charge in [0.25, 0.3) is 0 Å². The Morgan fingerprint density at radius 2 is 2.00 bits per heavy atom. The number of hydrogen-bond acceptors (Lipinski definition) is 5. The first-order valence-electron chi connectivity index (χ1n) is 5.83. The van der Waals surface area contributed by atoms with E-state index < -0.39 is 0 Å². The van der Waals surface area contributed by atoms with Crippen molar-refractivity contribution in [3.05, 3.63) is 11.4 Å². The molecule has 0 aliphatic rings. The quantitative estimate of drug-likeness (QED) is 0.763. The molecule has 0 amide bonds. The van der Waals surface area contributed by atoms with E-state index in [0.29, 0.717) is 0 Å². The molecule has 0 aliphatic heterocycles. The van der Waals surface area contributed by atoms with E-state index in [2.05, 4.69) is 20.2 Å². The SMILES string of the molecule is CNc1nc(C)nc(N(C)CCCOC)c1C. The molecule has 0 aromatic carbocycles. The minimum Gasteiger partial charge on any atom is -0.385 e. The van der Waals surface area contributed by atoms with Gasteiger partial charge in [-0.25, -0.2) is 9.97 Å². The van der Waals surface area contributed by atoms with Crippen LogP contribution in [-0.4, -0.2) is 44.3 Å². The third-order valence-corrected chi connectivity index (χ3v) is 2.67. The first kappa shape index (κ1) is 13.7. The summed E-state index contributed by atoms with van der Waals surface area (Å²) in [5.74, 6) is 2.66. The van der Waals surface area contributed by atoms with E-state index >= 15 is 0 Å². The van der Waals surface area contributed by atoms with Gasteiger partial charge in [0.15, 0.2) is 0 Å². The van der Waals surface area contributed by atoms with Gasteiger partial charge < -0.3 is 15.0 Å². The molecule has 1 N–H and O–H groups in total. The zero-order chi connectivity index (χ0) is 12.8. The molecule has 1 heterocycles. The first-order chi connectivity index (χ1) is 8.10. The Morgan fingerprint density at radius 1 is 1.29 bits per heavy atom. The molecular weight excluding hydrogens is 216 g/mol. The average molecular weight is 238 g/mol. The minimum absolute atomic E-state index is 0.770. The lowest BCUT2D eigenvalue weighted by atomic mass is 10.2. The molecule has 0 saturated carbocycles. The molecule has 1 rings (SSSR count).